The van der Waals surface area contributed by atoms with E-state index in [9.17, 15) is 4.79 Å². The van der Waals surface area contributed by atoms with Gasteiger partial charge in [0.25, 0.3) is 0 Å². The molecule has 6 nitrogen and oxygen atoms in total. The number of nitrogens with one attached hydrogen (secondary N) is 2. The first-order chi connectivity index (χ1) is 13.8. The molecule has 28 heavy (non-hydrogen) atoms. The lowest BCUT2D eigenvalue weighted by molar-refractivity contribution is -0.121. The SMILES string of the molecule is O=C(CCCc1c[nH]c2ccccc12)NCc1cccnc1N1CCOCC1. The number of morpholine rings is 1. The third kappa shape index (κ3) is 4.34. The molecule has 4 rings (SSSR count). The number of para-hydroxylation sites is 1. The number of H-pyrrole nitrogens is 1. The normalized spacial score (nSPS) is 14.4. The Labute approximate surface area is 164 Å². The molecule has 0 atom stereocenters. The molecule has 1 aliphatic rings. The molecule has 0 aliphatic carbocycles. The molecule has 0 spiro atoms. The Morgan fingerprint density at radius 2 is 2.00 bits per heavy atom. The Bertz CT molecular complexity index is 931. The molecule has 2 N–H and O–H groups in total. The number of anilines is 1. The van der Waals surface area contributed by atoms with E-state index < -0.39 is 0 Å². The highest BCUT2D eigenvalue weighted by molar-refractivity contribution is 5.83. The van der Waals surface area contributed by atoms with Crippen LogP contribution in [0, 0.1) is 0 Å². The summed E-state index contributed by atoms with van der Waals surface area (Å²) < 4.78 is 5.42. The van der Waals surface area contributed by atoms with Crippen molar-refractivity contribution in [2.75, 3.05) is 31.2 Å². The third-order valence-electron chi connectivity index (χ3n) is 5.18. The van der Waals surface area contributed by atoms with Crippen LogP contribution in [0.15, 0.2) is 48.8 Å². The van der Waals surface area contributed by atoms with Gasteiger partial charge in [-0.1, -0.05) is 24.3 Å². The van der Waals surface area contributed by atoms with Gasteiger partial charge in [0.1, 0.15) is 5.82 Å². The van der Waals surface area contributed by atoms with Gasteiger partial charge in [0.05, 0.1) is 13.2 Å². The number of carbonyl (C=O) groups excluding carboxylic acids is 1. The average molecular weight is 378 g/mol. The Morgan fingerprint density at radius 1 is 1.14 bits per heavy atom. The number of ether oxygens (including phenoxy) is 1. The monoisotopic (exact) mass is 378 g/mol. The first-order valence-electron chi connectivity index (χ1n) is 9.89. The van der Waals surface area contributed by atoms with Crippen molar-refractivity contribution in [1.29, 1.82) is 0 Å². The minimum Gasteiger partial charge on any atom is -0.378 e. The summed E-state index contributed by atoms with van der Waals surface area (Å²) in [7, 11) is 0. The second-order valence-electron chi connectivity index (χ2n) is 7.08. The smallest absolute Gasteiger partial charge is 0.220 e. The molecule has 2 aromatic heterocycles. The number of carbonyl (C=O) groups is 1. The quantitative estimate of drug-likeness (QED) is 0.663. The van der Waals surface area contributed by atoms with E-state index in [1.165, 1.54) is 10.9 Å². The van der Waals surface area contributed by atoms with Gasteiger partial charge >= 0.3 is 0 Å². The van der Waals surface area contributed by atoms with Crippen LogP contribution in [0.2, 0.25) is 0 Å². The number of aromatic amines is 1. The van der Waals surface area contributed by atoms with Crippen molar-refractivity contribution in [3.05, 3.63) is 59.9 Å². The van der Waals surface area contributed by atoms with Crippen LogP contribution in [-0.4, -0.2) is 42.2 Å². The van der Waals surface area contributed by atoms with Crippen LogP contribution in [-0.2, 0) is 22.5 Å². The maximum absolute atomic E-state index is 12.3. The number of hydrogen-bond donors (Lipinski definition) is 2. The predicted octanol–water partition coefficient (Wildman–Crippen LogP) is 3.04. The molecule has 0 unspecified atom stereocenters. The van der Waals surface area contributed by atoms with Gasteiger partial charge in [0.2, 0.25) is 5.91 Å². The number of rotatable bonds is 7. The minimum absolute atomic E-state index is 0.0802. The molecular weight excluding hydrogens is 352 g/mol. The van der Waals surface area contributed by atoms with Gasteiger partial charge in [-0.15, -0.1) is 0 Å². The van der Waals surface area contributed by atoms with Crippen molar-refractivity contribution in [3.63, 3.8) is 0 Å². The van der Waals surface area contributed by atoms with E-state index in [1.54, 1.807) is 6.20 Å². The van der Waals surface area contributed by atoms with Gasteiger partial charge in [-0.25, -0.2) is 4.98 Å². The van der Waals surface area contributed by atoms with Crippen LogP contribution >= 0.6 is 0 Å². The topological polar surface area (TPSA) is 70.2 Å². The minimum atomic E-state index is 0.0802. The van der Waals surface area contributed by atoms with Crippen molar-refractivity contribution >= 4 is 22.6 Å². The molecule has 3 aromatic rings. The molecule has 0 radical (unpaired) electrons. The predicted molar refractivity (Wildman–Crippen MR) is 110 cm³/mol. The highest BCUT2D eigenvalue weighted by atomic mass is 16.5. The summed E-state index contributed by atoms with van der Waals surface area (Å²) in [6.07, 6.45) is 6.09. The second-order valence-corrected chi connectivity index (χ2v) is 7.08. The van der Waals surface area contributed by atoms with E-state index >= 15 is 0 Å². The standard InChI is InChI=1S/C22H26N4O2/c27-21(9-3-5-17-15-24-20-8-2-1-7-19(17)20)25-16-18-6-4-10-23-22(18)26-11-13-28-14-12-26/h1-2,4,6-8,10,15,24H,3,5,9,11-14,16H2,(H,25,27). The number of hydrogen-bond acceptors (Lipinski definition) is 4. The van der Waals surface area contributed by atoms with E-state index in [2.05, 4.69) is 32.3 Å². The Balaban J connectivity index is 1.28. The molecule has 6 heteroatoms. The maximum Gasteiger partial charge on any atom is 0.220 e. The molecular formula is C22H26N4O2. The molecule has 1 aliphatic heterocycles. The zero-order valence-electron chi connectivity index (χ0n) is 16.0. The van der Waals surface area contributed by atoms with Gasteiger partial charge in [0.15, 0.2) is 0 Å². The molecule has 0 bridgehead atoms. The Hall–Kier alpha value is -2.86. The number of amides is 1. The summed E-state index contributed by atoms with van der Waals surface area (Å²) >= 11 is 0. The van der Waals surface area contributed by atoms with E-state index in [0.717, 1.165) is 56.0 Å². The fourth-order valence-electron chi connectivity index (χ4n) is 3.69. The van der Waals surface area contributed by atoms with Crippen LogP contribution in [0.4, 0.5) is 5.82 Å². The van der Waals surface area contributed by atoms with Crippen LogP contribution in [0.1, 0.15) is 24.0 Å². The lowest BCUT2D eigenvalue weighted by atomic mass is 10.1. The summed E-state index contributed by atoms with van der Waals surface area (Å²) in [5, 5.41) is 4.29. The molecule has 1 fully saturated rings. The van der Waals surface area contributed by atoms with E-state index in [0.29, 0.717) is 13.0 Å². The number of fused-ring (bicyclic) bond motifs is 1. The molecule has 0 saturated carbocycles. The summed E-state index contributed by atoms with van der Waals surface area (Å²) in [5.74, 6) is 1.03. The van der Waals surface area contributed by atoms with Gasteiger partial charge in [-0.05, 0) is 30.5 Å². The number of nitrogens with zero attached hydrogens (tertiary/aromatic N) is 2. The van der Waals surface area contributed by atoms with Crippen molar-refractivity contribution in [3.8, 4) is 0 Å². The van der Waals surface area contributed by atoms with Crippen LogP contribution in [0.25, 0.3) is 10.9 Å². The molecule has 1 amide bonds. The number of pyridine rings is 1. The Kier molecular flexibility index (Phi) is 5.87. The third-order valence-corrected chi connectivity index (χ3v) is 5.18. The summed E-state index contributed by atoms with van der Waals surface area (Å²) in [6, 6.07) is 12.2. The summed E-state index contributed by atoms with van der Waals surface area (Å²) in [6.45, 7) is 3.62. The van der Waals surface area contributed by atoms with Crippen LogP contribution < -0.4 is 10.2 Å². The second kappa shape index (κ2) is 8.89. The fraction of sp³-hybridized carbons (Fsp3) is 0.364. The number of aromatic nitrogens is 2. The number of aryl methyl sites for hydroxylation is 1. The summed E-state index contributed by atoms with van der Waals surface area (Å²) in [5.41, 5.74) is 3.47. The van der Waals surface area contributed by atoms with Crippen LogP contribution in [0.5, 0.6) is 0 Å². The van der Waals surface area contributed by atoms with Crippen molar-refractivity contribution in [2.45, 2.75) is 25.8 Å². The highest BCUT2D eigenvalue weighted by Gasteiger charge is 2.16. The van der Waals surface area contributed by atoms with Crippen molar-refractivity contribution < 1.29 is 9.53 Å². The van der Waals surface area contributed by atoms with Crippen molar-refractivity contribution in [2.24, 2.45) is 0 Å². The zero-order chi connectivity index (χ0) is 19.2. The molecule has 146 valence electrons. The van der Waals surface area contributed by atoms with Gasteiger partial charge in [0, 0.05) is 54.9 Å². The van der Waals surface area contributed by atoms with E-state index in [-0.39, 0.29) is 5.91 Å². The van der Waals surface area contributed by atoms with E-state index in [1.807, 2.05) is 30.5 Å². The van der Waals surface area contributed by atoms with Gasteiger partial charge < -0.3 is 19.9 Å². The molecule has 1 aromatic carbocycles. The first-order valence-corrected chi connectivity index (χ1v) is 9.89. The van der Waals surface area contributed by atoms with Crippen LogP contribution in [0.3, 0.4) is 0 Å². The fourth-order valence-corrected chi connectivity index (χ4v) is 3.69. The lowest BCUT2D eigenvalue weighted by Gasteiger charge is -2.29. The highest BCUT2D eigenvalue weighted by Crippen LogP contribution is 2.20. The first kappa shape index (κ1) is 18.5. The zero-order valence-corrected chi connectivity index (χ0v) is 16.0. The molecule has 3 heterocycles. The molecule has 1 saturated heterocycles. The maximum atomic E-state index is 12.3. The van der Waals surface area contributed by atoms with Gasteiger partial charge in [-0.3, -0.25) is 4.79 Å². The number of benzene rings is 1. The largest absolute Gasteiger partial charge is 0.378 e. The summed E-state index contributed by atoms with van der Waals surface area (Å²) in [4.78, 5) is 22.4. The van der Waals surface area contributed by atoms with E-state index in [4.69, 9.17) is 4.74 Å². The van der Waals surface area contributed by atoms with Gasteiger partial charge in [-0.2, -0.15) is 0 Å². The lowest BCUT2D eigenvalue weighted by Crippen LogP contribution is -2.37. The van der Waals surface area contributed by atoms with Crippen molar-refractivity contribution in [1.82, 2.24) is 15.3 Å². The Morgan fingerprint density at radius 3 is 2.89 bits per heavy atom. The average Bonchev–Trinajstić information content (AvgIpc) is 3.16.